The quantitative estimate of drug-likeness (QED) is 0.463. The smallest absolute Gasteiger partial charge is 0.180 e. The van der Waals surface area contributed by atoms with Crippen molar-refractivity contribution in [2.45, 2.75) is 4.90 Å². The Kier molecular flexibility index (Phi) is 4.40. The van der Waals surface area contributed by atoms with E-state index in [2.05, 4.69) is 48.0 Å². The van der Waals surface area contributed by atoms with Gasteiger partial charge >= 0.3 is 0 Å². The summed E-state index contributed by atoms with van der Waals surface area (Å²) >= 11 is 0. The van der Waals surface area contributed by atoms with Crippen molar-refractivity contribution in [1.82, 2.24) is 24.5 Å². The Morgan fingerprint density at radius 1 is 1.00 bits per heavy atom. The molecule has 5 rings (SSSR count). The first-order valence-corrected chi connectivity index (χ1v) is 11.4. The fourth-order valence-corrected chi connectivity index (χ4v) is 4.32. The summed E-state index contributed by atoms with van der Waals surface area (Å²) in [5.41, 5.74) is 5.05. The van der Waals surface area contributed by atoms with Gasteiger partial charge in [0.2, 0.25) is 0 Å². The van der Waals surface area contributed by atoms with Gasteiger partial charge in [0, 0.05) is 48.7 Å². The number of nitrogens with one attached hydrogen (secondary N) is 1. The van der Waals surface area contributed by atoms with Crippen LogP contribution in [-0.4, -0.2) is 39.2 Å². The molecule has 0 aliphatic rings. The molecule has 154 valence electrons. The van der Waals surface area contributed by atoms with E-state index in [1.165, 1.54) is 12.5 Å². The molecule has 31 heavy (non-hydrogen) atoms. The molecule has 5 aromatic rings. The number of sulfone groups is 1. The van der Waals surface area contributed by atoms with Gasteiger partial charge in [0.05, 0.1) is 17.2 Å². The van der Waals surface area contributed by atoms with Gasteiger partial charge in [-0.2, -0.15) is 0 Å². The van der Waals surface area contributed by atoms with Crippen molar-refractivity contribution in [2.24, 2.45) is 7.05 Å². The molecule has 9 heteroatoms. The first-order chi connectivity index (χ1) is 14.9. The van der Waals surface area contributed by atoms with Gasteiger partial charge in [-0.15, -0.1) is 0 Å². The Morgan fingerprint density at radius 2 is 1.84 bits per heavy atom. The van der Waals surface area contributed by atoms with E-state index < -0.39 is 9.84 Å². The summed E-state index contributed by atoms with van der Waals surface area (Å²) in [6.45, 7) is 0. The highest BCUT2D eigenvalue weighted by atomic mass is 32.2. The molecule has 8 nitrogen and oxygen atoms in total. The minimum Gasteiger partial charge on any atom is -0.351 e. The maximum atomic E-state index is 12.1. The molecule has 0 fully saturated rings. The van der Waals surface area contributed by atoms with Crippen LogP contribution in [0, 0.1) is 0 Å². The van der Waals surface area contributed by atoms with E-state index in [9.17, 15) is 8.42 Å². The Balaban J connectivity index is 1.69. The molecule has 2 aromatic carbocycles. The number of aryl methyl sites for hydroxylation is 1. The zero-order valence-corrected chi connectivity index (χ0v) is 17.6. The highest BCUT2D eigenvalue weighted by Gasteiger charge is 2.16. The Bertz CT molecular complexity index is 1560. The van der Waals surface area contributed by atoms with Crippen LogP contribution >= 0.6 is 0 Å². The molecule has 0 aliphatic heterocycles. The Hall–Kier alpha value is -3.85. The predicted octanol–water partition coefficient (Wildman–Crippen LogP) is 3.73. The van der Waals surface area contributed by atoms with E-state index in [0.717, 1.165) is 33.8 Å². The molecule has 0 radical (unpaired) electrons. The molecule has 0 saturated heterocycles. The Labute approximate surface area is 178 Å². The van der Waals surface area contributed by atoms with E-state index in [4.69, 9.17) is 0 Å². The number of anilines is 2. The number of fused-ring (bicyclic) bond motifs is 2. The summed E-state index contributed by atoms with van der Waals surface area (Å²) in [7, 11) is -1.50. The molecule has 0 aliphatic carbocycles. The van der Waals surface area contributed by atoms with Gasteiger partial charge in [0.1, 0.15) is 11.2 Å². The van der Waals surface area contributed by atoms with Crippen molar-refractivity contribution in [3.63, 3.8) is 0 Å². The topological polar surface area (TPSA) is 103 Å². The number of rotatable bonds is 4. The average molecular weight is 430 g/mol. The third-order valence-corrected chi connectivity index (χ3v) is 6.21. The second kappa shape index (κ2) is 7.13. The lowest BCUT2D eigenvalue weighted by molar-refractivity contribution is 0.601. The van der Waals surface area contributed by atoms with E-state index in [1.807, 2.05) is 31.4 Å². The van der Waals surface area contributed by atoms with Crippen LogP contribution in [0.4, 0.5) is 11.5 Å². The zero-order chi connectivity index (χ0) is 21.6. The van der Waals surface area contributed by atoms with Crippen LogP contribution in [-0.2, 0) is 16.9 Å². The summed E-state index contributed by atoms with van der Waals surface area (Å²) in [5.74, 6) is 0.213. The molecular formula is C22H18N6O2S. The van der Waals surface area contributed by atoms with E-state index in [-0.39, 0.29) is 10.7 Å². The van der Waals surface area contributed by atoms with Crippen LogP contribution in [0.3, 0.4) is 0 Å². The van der Waals surface area contributed by atoms with Gasteiger partial charge < -0.3 is 9.88 Å². The molecule has 1 N–H and O–H groups in total. The van der Waals surface area contributed by atoms with E-state index in [1.54, 1.807) is 12.4 Å². The number of hydrogen-bond donors (Lipinski definition) is 1. The van der Waals surface area contributed by atoms with E-state index >= 15 is 0 Å². The van der Waals surface area contributed by atoms with Gasteiger partial charge in [-0.3, -0.25) is 9.97 Å². The zero-order valence-electron chi connectivity index (χ0n) is 16.8. The van der Waals surface area contributed by atoms with Crippen LogP contribution in [0.15, 0.2) is 72.4 Å². The van der Waals surface area contributed by atoms with Crippen molar-refractivity contribution in [2.75, 3.05) is 11.6 Å². The lowest BCUT2D eigenvalue weighted by Gasteiger charge is -2.13. The normalized spacial score (nSPS) is 11.8. The number of aromatic nitrogens is 5. The molecular weight excluding hydrogens is 412 g/mol. The number of benzene rings is 2. The van der Waals surface area contributed by atoms with Crippen LogP contribution < -0.4 is 5.32 Å². The fraction of sp³-hybridized carbons (Fsp3) is 0.0909. The van der Waals surface area contributed by atoms with Gasteiger partial charge in [0.25, 0.3) is 0 Å². The van der Waals surface area contributed by atoms with Crippen LogP contribution in [0.2, 0.25) is 0 Å². The molecule has 0 atom stereocenters. The summed E-state index contributed by atoms with van der Waals surface area (Å²) < 4.78 is 26.3. The van der Waals surface area contributed by atoms with Gasteiger partial charge in [0.15, 0.2) is 15.7 Å². The predicted molar refractivity (Wildman–Crippen MR) is 120 cm³/mol. The highest BCUT2D eigenvalue weighted by molar-refractivity contribution is 7.90. The SMILES string of the molecule is Cn1ccc2ccc(-c3cc(Nc4ncncc4S(C)(=O)=O)cc4nccnc34)cc21. The van der Waals surface area contributed by atoms with Crippen LogP contribution in [0.5, 0.6) is 0 Å². The summed E-state index contributed by atoms with van der Waals surface area (Å²) in [4.78, 5) is 17.0. The minimum absolute atomic E-state index is 0.0287. The van der Waals surface area contributed by atoms with Gasteiger partial charge in [-0.1, -0.05) is 12.1 Å². The van der Waals surface area contributed by atoms with E-state index in [0.29, 0.717) is 11.2 Å². The fourth-order valence-electron chi connectivity index (χ4n) is 3.62. The third kappa shape index (κ3) is 3.49. The van der Waals surface area contributed by atoms with Crippen LogP contribution in [0.1, 0.15) is 0 Å². The molecule has 0 unspecified atom stereocenters. The van der Waals surface area contributed by atoms with Crippen molar-refractivity contribution in [1.29, 1.82) is 0 Å². The molecule has 0 amide bonds. The second-order valence-corrected chi connectivity index (χ2v) is 9.27. The summed E-state index contributed by atoms with van der Waals surface area (Å²) in [6.07, 6.45) is 9.03. The maximum Gasteiger partial charge on any atom is 0.180 e. The Morgan fingerprint density at radius 3 is 2.68 bits per heavy atom. The van der Waals surface area contributed by atoms with Crippen molar-refractivity contribution < 1.29 is 8.42 Å². The van der Waals surface area contributed by atoms with Crippen molar-refractivity contribution >= 4 is 43.3 Å². The number of hydrogen-bond acceptors (Lipinski definition) is 7. The lowest BCUT2D eigenvalue weighted by atomic mass is 10.0. The molecule has 0 bridgehead atoms. The number of nitrogens with zero attached hydrogens (tertiary/aromatic N) is 5. The van der Waals surface area contributed by atoms with Crippen molar-refractivity contribution in [3.05, 3.63) is 67.5 Å². The average Bonchev–Trinajstić information content (AvgIpc) is 3.13. The standard InChI is InChI=1S/C22H18N6O2S/c1-28-8-5-14-3-4-15(9-19(14)28)17-10-16(11-18-21(17)25-7-6-24-18)27-22-20(31(2,29)30)12-23-13-26-22/h3-13H,1-2H3,(H,23,26,27). The monoisotopic (exact) mass is 430 g/mol. The highest BCUT2D eigenvalue weighted by Crippen LogP contribution is 2.33. The largest absolute Gasteiger partial charge is 0.351 e. The maximum absolute atomic E-state index is 12.1. The van der Waals surface area contributed by atoms with Crippen molar-refractivity contribution in [3.8, 4) is 11.1 Å². The first kappa shape index (κ1) is 19.1. The summed E-state index contributed by atoms with van der Waals surface area (Å²) in [5, 5.41) is 4.27. The molecule has 0 saturated carbocycles. The molecule has 3 aromatic heterocycles. The molecule has 0 spiro atoms. The third-order valence-electron chi connectivity index (χ3n) is 5.11. The molecule has 3 heterocycles. The first-order valence-electron chi connectivity index (χ1n) is 9.47. The second-order valence-electron chi connectivity index (χ2n) is 7.28. The lowest BCUT2D eigenvalue weighted by Crippen LogP contribution is -2.05. The van der Waals surface area contributed by atoms with Gasteiger partial charge in [-0.05, 0) is 35.2 Å². The van der Waals surface area contributed by atoms with Gasteiger partial charge in [-0.25, -0.2) is 18.4 Å². The summed E-state index contributed by atoms with van der Waals surface area (Å²) in [6, 6.07) is 12.0. The minimum atomic E-state index is -3.50. The van der Waals surface area contributed by atoms with Crippen LogP contribution in [0.25, 0.3) is 33.1 Å².